The van der Waals surface area contributed by atoms with E-state index in [9.17, 15) is 9.59 Å². The lowest BCUT2D eigenvalue weighted by atomic mass is 10.0. The van der Waals surface area contributed by atoms with Gasteiger partial charge in [-0.15, -0.1) is 0 Å². The Balaban J connectivity index is 1.63. The number of carbonyl (C=O) groups excluding carboxylic acids is 2. The van der Waals surface area contributed by atoms with Crippen LogP contribution in [0.2, 0.25) is 0 Å². The summed E-state index contributed by atoms with van der Waals surface area (Å²) in [4.78, 5) is 27.0. The van der Waals surface area contributed by atoms with Gasteiger partial charge in [0.1, 0.15) is 11.3 Å². The van der Waals surface area contributed by atoms with Crippen LogP contribution in [-0.2, 0) is 20.0 Å². The summed E-state index contributed by atoms with van der Waals surface area (Å²) in [6.07, 6.45) is 0.620. The van der Waals surface area contributed by atoms with Crippen molar-refractivity contribution < 1.29 is 14.0 Å². The van der Waals surface area contributed by atoms with E-state index < -0.39 is 0 Å². The van der Waals surface area contributed by atoms with E-state index in [1.807, 2.05) is 31.2 Å². The van der Waals surface area contributed by atoms with Gasteiger partial charge in [-0.05, 0) is 19.1 Å². The first-order chi connectivity index (χ1) is 12.6. The molecule has 0 bridgehead atoms. The Morgan fingerprint density at radius 2 is 2.12 bits per heavy atom. The SMILES string of the molecule is CCNC(=O)c1c2c(nn1C)CCN(C(=O)c1cc3ccccc3o1)C2. The van der Waals surface area contributed by atoms with E-state index in [1.54, 1.807) is 22.7 Å². The van der Waals surface area contributed by atoms with Gasteiger partial charge in [0.05, 0.1) is 12.2 Å². The molecule has 0 atom stereocenters. The molecule has 1 N–H and O–H groups in total. The summed E-state index contributed by atoms with van der Waals surface area (Å²) in [5, 5.41) is 8.16. The molecular weight excluding hydrogens is 332 g/mol. The van der Waals surface area contributed by atoms with Crippen LogP contribution in [0.1, 0.15) is 39.2 Å². The van der Waals surface area contributed by atoms with Crippen molar-refractivity contribution in [3.63, 3.8) is 0 Å². The summed E-state index contributed by atoms with van der Waals surface area (Å²) < 4.78 is 7.30. The lowest BCUT2D eigenvalue weighted by Gasteiger charge is -2.26. The second-order valence-electron chi connectivity index (χ2n) is 6.38. The normalized spacial score (nSPS) is 13.7. The number of nitrogens with zero attached hydrogens (tertiary/aromatic N) is 3. The summed E-state index contributed by atoms with van der Waals surface area (Å²) in [6.45, 7) is 3.32. The number of para-hydroxylation sites is 1. The molecule has 0 saturated heterocycles. The molecule has 2 aromatic heterocycles. The van der Waals surface area contributed by atoms with Crippen molar-refractivity contribution in [2.45, 2.75) is 19.9 Å². The van der Waals surface area contributed by atoms with Gasteiger partial charge in [0.2, 0.25) is 0 Å². The Hall–Kier alpha value is -3.09. The molecule has 134 valence electrons. The number of aryl methyl sites for hydroxylation is 1. The van der Waals surface area contributed by atoms with Gasteiger partial charge in [0, 0.05) is 37.5 Å². The van der Waals surface area contributed by atoms with Crippen LogP contribution < -0.4 is 5.32 Å². The Bertz CT molecular complexity index is 969. The minimum absolute atomic E-state index is 0.165. The number of hydrogen-bond donors (Lipinski definition) is 1. The number of nitrogens with one attached hydrogen (secondary N) is 1. The van der Waals surface area contributed by atoms with Crippen LogP contribution in [0.5, 0.6) is 0 Å². The average molecular weight is 352 g/mol. The number of amides is 2. The fourth-order valence-electron chi connectivity index (χ4n) is 3.45. The third-order valence-corrected chi connectivity index (χ3v) is 4.67. The monoisotopic (exact) mass is 352 g/mol. The maximum atomic E-state index is 12.9. The van der Waals surface area contributed by atoms with E-state index in [4.69, 9.17) is 4.42 Å². The Kier molecular flexibility index (Phi) is 3.99. The fraction of sp³-hybridized carbons (Fsp3) is 0.316. The Morgan fingerprint density at radius 3 is 2.88 bits per heavy atom. The van der Waals surface area contributed by atoms with Crippen molar-refractivity contribution in [1.29, 1.82) is 0 Å². The maximum Gasteiger partial charge on any atom is 0.289 e. The number of fused-ring (bicyclic) bond motifs is 2. The van der Waals surface area contributed by atoms with Crippen molar-refractivity contribution in [1.82, 2.24) is 20.0 Å². The van der Waals surface area contributed by atoms with Gasteiger partial charge in [0.15, 0.2) is 5.76 Å². The van der Waals surface area contributed by atoms with Crippen molar-refractivity contribution in [3.05, 3.63) is 53.0 Å². The highest BCUT2D eigenvalue weighted by atomic mass is 16.3. The van der Waals surface area contributed by atoms with Crippen LogP contribution in [-0.4, -0.2) is 39.6 Å². The van der Waals surface area contributed by atoms with Crippen LogP contribution in [0.15, 0.2) is 34.7 Å². The van der Waals surface area contributed by atoms with Crippen LogP contribution >= 0.6 is 0 Å². The molecule has 4 rings (SSSR count). The highest BCUT2D eigenvalue weighted by molar-refractivity contribution is 5.97. The molecule has 0 radical (unpaired) electrons. The average Bonchev–Trinajstić information content (AvgIpc) is 3.20. The first-order valence-electron chi connectivity index (χ1n) is 8.69. The molecule has 3 heterocycles. The maximum absolute atomic E-state index is 12.9. The van der Waals surface area contributed by atoms with Gasteiger partial charge in [-0.25, -0.2) is 0 Å². The van der Waals surface area contributed by atoms with Gasteiger partial charge in [-0.2, -0.15) is 5.10 Å². The van der Waals surface area contributed by atoms with E-state index in [2.05, 4.69) is 10.4 Å². The van der Waals surface area contributed by atoms with Gasteiger partial charge in [0.25, 0.3) is 11.8 Å². The molecule has 0 spiro atoms. The lowest BCUT2D eigenvalue weighted by Crippen LogP contribution is -2.36. The lowest BCUT2D eigenvalue weighted by molar-refractivity contribution is 0.0702. The zero-order valence-electron chi connectivity index (χ0n) is 14.8. The predicted octanol–water partition coefficient (Wildman–Crippen LogP) is 2.11. The third-order valence-electron chi connectivity index (χ3n) is 4.67. The first kappa shape index (κ1) is 16.4. The fourth-order valence-corrected chi connectivity index (χ4v) is 3.45. The molecule has 0 fully saturated rings. The molecule has 1 aliphatic heterocycles. The highest BCUT2D eigenvalue weighted by Crippen LogP contribution is 2.25. The molecule has 0 saturated carbocycles. The van der Waals surface area contributed by atoms with Crippen LogP contribution in [0.3, 0.4) is 0 Å². The molecule has 2 amide bonds. The van der Waals surface area contributed by atoms with E-state index >= 15 is 0 Å². The second kappa shape index (κ2) is 6.33. The molecule has 1 aliphatic rings. The summed E-state index contributed by atoms with van der Waals surface area (Å²) in [5.41, 5.74) is 2.90. The summed E-state index contributed by atoms with van der Waals surface area (Å²) in [7, 11) is 1.76. The minimum Gasteiger partial charge on any atom is -0.451 e. The topological polar surface area (TPSA) is 80.4 Å². The van der Waals surface area contributed by atoms with E-state index in [-0.39, 0.29) is 11.8 Å². The van der Waals surface area contributed by atoms with E-state index in [1.165, 1.54) is 0 Å². The molecule has 7 heteroatoms. The molecule has 0 unspecified atom stereocenters. The largest absolute Gasteiger partial charge is 0.451 e. The van der Waals surface area contributed by atoms with Gasteiger partial charge in [-0.1, -0.05) is 18.2 Å². The van der Waals surface area contributed by atoms with Crippen LogP contribution in [0.4, 0.5) is 0 Å². The summed E-state index contributed by atoms with van der Waals surface area (Å²) in [5.74, 6) is -0.0163. The second-order valence-corrected chi connectivity index (χ2v) is 6.38. The van der Waals surface area contributed by atoms with Crippen LogP contribution in [0, 0.1) is 0 Å². The zero-order chi connectivity index (χ0) is 18.3. The predicted molar refractivity (Wildman–Crippen MR) is 95.9 cm³/mol. The molecule has 0 aliphatic carbocycles. The number of carbonyl (C=O) groups is 2. The number of hydrogen-bond acceptors (Lipinski definition) is 4. The van der Waals surface area contributed by atoms with Crippen molar-refractivity contribution in [2.24, 2.45) is 7.05 Å². The number of rotatable bonds is 3. The van der Waals surface area contributed by atoms with E-state index in [0.717, 1.165) is 16.6 Å². The van der Waals surface area contributed by atoms with Gasteiger partial charge < -0.3 is 14.6 Å². The molecule has 7 nitrogen and oxygen atoms in total. The molecule has 26 heavy (non-hydrogen) atoms. The van der Waals surface area contributed by atoms with Crippen molar-refractivity contribution >= 4 is 22.8 Å². The minimum atomic E-state index is -0.169. The number of benzene rings is 1. The van der Waals surface area contributed by atoms with Crippen LogP contribution in [0.25, 0.3) is 11.0 Å². The highest BCUT2D eigenvalue weighted by Gasteiger charge is 2.30. The standard InChI is InChI=1S/C19H20N4O3/c1-3-20-18(24)17-13-11-23(9-8-14(13)21-22(17)2)19(25)16-10-12-6-4-5-7-15(12)26-16/h4-7,10H,3,8-9,11H2,1-2H3,(H,20,24). The van der Waals surface area contributed by atoms with Gasteiger partial charge in [-0.3, -0.25) is 14.3 Å². The Morgan fingerprint density at radius 1 is 1.31 bits per heavy atom. The quantitative estimate of drug-likeness (QED) is 0.783. The number of furan rings is 1. The molecule has 3 aromatic rings. The number of aromatic nitrogens is 2. The smallest absolute Gasteiger partial charge is 0.289 e. The van der Waals surface area contributed by atoms with Gasteiger partial charge >= 0.3 is 0 Å². The molecular formula is C19H20N4O3. The summed E-state index contributed by atoms with van der Waals surface area (Å²) >= 11 is 0. The summed E-state index contributed by atoms with van der Waals surface area (Å²) in [6, 6.07) is 9.31. The first-order valence-corrected chi connectivity index (χ1v) is 8.69. The Labute approximate surface area is 150 Å². The third kappa shape index (κ3) is 2.65. The van der Waals surface area contributed by atoms with E-state index in [0.29, 0.717) is 43.1 Å². The molecule has 1 aromatic carbocycles. The van der Waals surface area contributed by atoms with Crippen molar-refractivity contribution in [2.75, 3.05) is 13.1 Å². The van der Waals surface area contributed by atoms with Crippen molar-refractivity contribution in [3.8, 4) is 0 Å². The zero-order valence-corrected chi connectivity index (χ0v) is 14.8.